The minimum Gasteiger partial charge on any atom is -0.507 e. The molecular weight excluding hydrogens is 478 g/mol. The van der Waals surface area contributed by atoms with Crippen LogP contribution in [0.5, 0.6) is 11.5 Å². The SMILES string of the molecule is CCCOc1ccc(/C(O)=C2\C(=O)C(=O)N(c3ccc(C(C)C)cc3)C2c2cccc(OCC)c2)cc1C. The summed E-state index contributed by atoms with van der Waals surface area (Å²) in [6.45, 7) is 11.1. The van der Waals surface area contributed by atoms with Crippen molar-refractivity contribution in [3.05, 3.63) is 94.6 Å². The highest BCUT2D eigenvalue weighted by atomic mass is 16.5. The van der Waals surface area contributed by atoms with Gasteiger partial charge in [-0.1, -0.05) is 45.0 Å². The number of aliphatic hydroxyl groups excluding tert-OH is 1. The number of ether oxygens (including phenoxy) is 2. The number of Topliss-reactive ketones (excluding diaryl/α,β-unsaturated/α-hetero) is 1. The van der Waals surface area contributed by atoms with Crippen molar-refractivity contribution < 1.29 is 24.2 Å². The fourth-order valence-electron chi connectivity index (χ4n) is 4.70. The summed E-state index contributed by atoms with van der Waals surface area (Å²) in [6.07, 6.45) is 0.879. The summed E-state index contributed by atoms with van der Waals surface area (Å²) >= 11 is 0. The van der Waals surface area contributed by atoms with E-state index in [1.807, 2.05) is 69.3 Å². The lowest BCUT2D eigenvalue weighted by atomic mass is 9.94. The van der Waals surface area contributed by atoms with Crippen molar-refractivity contribution in [2.75, 3.05) is 18.1 Å². The Morgan fingerprint density at radius 3 is 2.34 bits per heavy atom. The van der Waals surface area contributed by atoms with Gasteiger partial charge < -0.3 is 14.6 Å². The number of anilines is 1. The zero-order valence-corrected chi connectivity index (χ0v) is 22.7. The molecule has 1 fully saturated rings. The molecule has 6 nitrogen and oxygen atoms in total. The molecule has 1 saturated heterocycles. The van der Waals surface area contributed by atoms with Crippen molar-refractivity contribution in [1.29, 1.82) is 0 Å². The van der Waals surface area contributed by atoms with E-state index in [0.717, 1.165) is 23.3 Å². The fraction of sp³-hybridized carbons (Fsp3) is 0.312. The summed E-state index contributed by atoms with van der Waals surface area (Å²) in [5, 5.41) is 11.5. The molecule has 1 unspecified atom stereocenters. The second kappa shape index (κ2) is 11.5. The van der Waals surface area contributed by atoms with Gasteiger partial charge in [0.05, 0.1) is 24.8 Å². The number of hydrogen-bond acceptors (Lipinski definition) is 5. The van der Waals surface area contributed by atoms with Crippen LogP contribution in [-0.4, -0.2) is 30.0 Å². The van der Waals surface area contributed by atoms with Crippen LogP contribution < -0.4 is 14.4 Å². The Morgan fingerprint density at radius 1 is 0.974 bits per heavy atom. The van der Waals surface area contributed by atoms with Gasteiger partial charge in [0, 0.05) is 11.3 Å². The van der Waals surface area contributed by atoms with E-state index in [1.54, 1.807) is 18.2 Å². The van der Waals surface area contributed by atoms with Gasteiger partial charge in [0.1, 0.15) is 17.3 Å². The van der Waals surface area contributed by atoms with Crippen molar-refractivity contribution in [3.8, 4) is 11.5 Å². The van der Waals surface area contributed by atoms with Gasteiger partial charge in [-0.3, -0.25) is 14.5 Å². The van der Waals surface area contributed by atoms with Gasteiger partial charge in [-0.2, -0.15) is 0 Å². The first-order valence-electron chi connectivity index (χ1n) is 13.1. The van der Waals surface area contributed by atoms with Crippen molar-refractivity contribution in [2.45, 2.75) is 53.0 Å². The molecule has 1 aliphatic heterocycles. The third-order valence-electron chi connectivity index (χ3n) is 6.68. The molecule has 3 aromatic rings. The average molecular weight is 514 g/mol. The maximum atomic E-state index is 13.5. The van der Waals surface area contributed by atoms with Gasteiger partial charge in [0.25, 0.3) is 11.7 Å². The van der Waals surface area contributed by atoms with Gasteiger partial charge in [0.15, 0.2) is 0 Å². The quantitative estimate of drug-likeness (QED) is 0.191. The first-order valence-corrected chi connectivity index (χ1v) is 13.1. The topological polar surface area (TPSA) is 76.1 Å². The van der Waals surface area contributed by atoms with E-state index in [4.69, 9.17) is 9.47 Å². The Kier molecular flexibility index (Phi) is 8.20. The number of nitrogens with zero attached hydrogens (tertiary/aromatic N) is 1. The third kappa shape index (κ3) is 5.30. The molecule has 4 rings (SSSR count). The van der Waals surface area contributed by atoms with Crippen LogP contribution >= 0.6 is 0 Å². The smallest absolute Gasteiger partial charge is 0.300 e. The molecule has 6 heteroatoms. The van der Waals surface area contributed by atoms with Crippen LogP contribution in [0.4, 0.5) is 5.69 Å². The van der Waals surface area contributed by atoms with Gasteiger partial charge in [-0.25, -0.2) is 0 Å². The highest BCUT2D eigenvalue weighted by Crippen LogP contribution is 2.43. The Bertz CT molecular complexity index is 1360. The molecule has 0 saturated carbocycles. The van der Waals surface area contributed by atoms with E-state index in [-0.39, 0.29) is 11.3 Å². The molecule has 0 aromatic heterocycles. The number of aryl methyl sites for hydroxylation is 1. The number of hydrogen-bond donors (Lipinski definition) is 1. The van der Waals surface area contributed by atoms with Crippen LogP contribution in [0.2, 0.25) is 0 Å². The summed E-state index contributed by atoms with van der Waals surface area (Å²) in [7, 11) is 0. The van der Waals surface area contributed by atoms with Gasteiger partial charge >= 0.3 is 0 Å². The van der Waals surface area contributed by atoms with E-state index < -0.39 is 17.7 Å². The van der Waals surface area contributed by atoms with Crippen molar-refractivity contribution >= 4 is 23.1 Å². The van der Waals surface area contributed by atoms with Gasteiger partial charge in [-0.15, -0.1) is 0 Å². The number of rotatable bonds is 9. The normalized spacial score (nSPS) is 16.8. The van der Waals surface area contributed by atoms with Crippen LogP contribution in [0.1, 0.15) is 68.3 Å². The zero-order chi connectivity index (χ0) is 27.4. The average Bonchev–Trinajstić information content (AvgIpc) is 3.18. The molecule has 1 atom stereocenters. The fourth-order valence-corrected chi connectivity index (χ4v) is 4.70. The molecule has 3 aromatic carbocycles. The van der Waals surface area contributed by atoms with E-state index in [2.05, 4.69) is 13.8 Å². The van der Waals surface area contributed by atoms with Crippen LogP contribution in [0.25, 0.3) is 5.76 Å². The second-order valence-corrected chi connectivity index (χ2v) is 9.75. The highest BCUT2D eigenvalue weighted by molar-refractivity contribution is 6.51. The Morgan fingerprint density at radius 2 is 1.71 bits per heavy atom. The molecule has 1 N–H and O–H groups in total. The van der Waals surface area contributed by atoms with Crippen molar-refractivity contribution in [3.63, 3.8) is 0 Å². The number of carbonyl (C=O) groups is 2. The first kappa shape index (κ1) is 27.0. The van der Waals surface area contributed by atoms with E-state index in [0.29, 0.717) is 41.7 Å². The molecular formula is C32H35NO5. The summed E-state index contributed by atoms with van der Waals surface area (Å²) in [4.78, 5) is 28.5. The molecule has 0 bridgehead atoms. The highest BCUT2D eigenvalue weighted by Gasteiger charge is 2.47. The lowest BCUT2D eigenvalue weighted by molar-refractivity contribution is -0.132. The second-order valence-electron chi connectivity index (χ2n) is 9.75. The lowest BCUT2D eigenvalue weighted by Crippen LogP contribution is -2.29. The molecule has 38 heavy (non-hydrogen) atoms. The lowest BCUT2D eigenvalue weighted by Gasteiger charge is -2.26. The summed E-state index contributed by atoms with van der Waals surface area (Å²) in [5.41, 5.74) is 3.70. The Labute approximate surface area is 224 Å². The maximum absolute atomic E-state index is 13.5. The van der Waals surface area contributed by atoms with Gasteiger partial charge in [-0.05, 0) is 85.3 Å². The molecule has 1 amide bonds. The molecule has 1 heterocycles. The minimum atomic E-state index is -0.823. The predicted octanol–water partition coefficient (Wildman–Crippen LogP) is 6.93. The largest absolute Gasteiger partial charge is 0.507 e. The summed E-state index contributed by atoms with van der Waals surface area (Å²) < 4.78 is 11.5. The van der Waals surface area contributed by atoms with Crippen LogP contribution in [-0.2, 0) is 9.59 Å². The molecule has 0 spiro atoms. The van der Waals surface area contributed by atoms with E-state index in [1.165, 1.54) is 4.90 Å². The zero-order valence-electron chi connectivity index (χ0n) is 22.7. The Hall–Kier alpha value is -4.06. The Balaban J connectivity index is 1.87. The summed E-state index contributed by atoms with van der Waals surface area (Å²) in [6, 6.07) is 19.4. The monoisotopic (exact) mass is 513 g/mol. The van der Waals surface area contributed by atoms with Crippen LogP contribution in [0.15, 0.2) is 72.3 Å². The van der Waals surface area contributed by atoms with E-state index >= 15 is 0 Å². The van der Waals surface area contributed by atoms with E-state index in [9.17, 15) is 14.7 Å². The third-order valence-corrected chi connectivity index (χ3v) is 6.68. The number of benzene rings is 3. The van der Waals surface area contributed by atoms with Gasteiger partial charge in [0.2, 0.25) is 0 Å². The minimum absolute atomic E-state index is 0.0400. The number of ketones is 1. The van der Waals surface area contributed by atoms with Crippen molar-refractivity contribution in [1.82, 2.24) is 0 Å². The molecule has 0 aliphatic carbocycles. The number of aliphatic hydroxyl groups is 1. The van der Waals surface area contributed by atoms with Crippen molar-refractivity contribution in [2.24, 2.45) is 0 Å². The predicted molar refractivity (Wildman–Crippen MR) is 150 cm³/mol. The summed E-state index contributed by atoms with van der Waals surface area (Å²) in [5.74, 6) is 0.0304. The van der Waals surface area contributed by atoms with Crippen LogP contribution in [0, 0.1) is 6.92 Å². The first-order chi connectivity index (χ1) is 18.3. The molecule has 198 valence electrons. The molecule has 1 aliphatic rings. The number of carbonyl (C=O) groups excluding carboxylic acids is 2. The van der Waals surface area contributed by atoms with Crippen LogP contribution in [0.3, 0.4) is 0 Å². The number of amides is 1. The molecule has 0 radical (unpaired) electrons. The standard InChI is InChI=1S/C32H35NO5/c1-6-17-38-27-16-13-24(18-21(27)5)30(34)28-29(23-9-8-10-26(19-23)37-7-2)33(32(36)31(28)35)25-14-11-22(12-15-25)20(3)4/h8-16,18-20,29,34H,6-7,17H2,1-5H3/b30-28+. The maximum Gasteiger partial charge on any atom is 0.300 e.